The summed E-state index contributed by atoms with van der Waals surface area (Å²) in [5.74, 6) is 1.06. The van der Waals surface area contributed by atoms with Crippen molar-refractivity contribution >= 4 is 39.3 Å². The lowest BCUT2D eigenvalue weighted by Crippen LogP contribution is -2.21. The predicted octanol–water partition coefficient (Wildman–Crippen LogP) is 6.43. The Morgan fingerprint density at radius 2 is 1.43 bits per heavy atom. The average molecular weight is 348 g/mol. The van der Waals surface area contributed by atoms with Crippen molar-refractivity contribution in [2.45, 2.75) is 89.7 Å². The molecule has 4 heteroatoms. The molecule has 0 fully saturated rings. The summed E-state index contributed by atoms with van der Waals surface area (Å²) in [4.78, 5) is 0. The third-order valence-corrected chi connectivity index (χ3v) is 7.97. The summed E-state index contributed by atoms with van der Waals surface area (Å²) in [6, 6.07) is 2.40. The molecule has 0 amide bonds. The molecule has 1 nitrogen and oxygen atoms in total. The van der Waals surface area contributed by atoms with Gasteiger partial charge in [0, 0.05) is 0 Å². The second-order valence-corrected chi connectivity index (χ2v) is 11.0. The van der Waals surface area contributed by atoms with E-state index in [0.29, 0.717) is 0 Å². The fourth-order valence-electron chi connectivity index (χ4n) is 2.43. The number of nitriles is 1. The van der Waals surface area contributed by atoms with Gasteiger partial charge in [-0.25, -0.2) is 0 Å². The van der Waals surface area contributed by atoms with Crippen molar-refractivity contribution in [3.63, 3.8) is 0 Å². The Balaban J connectivity index is 3.65. The molecule has 0 aromatic heterocycles. The molecular weight excluding hydrogens is 314 g/mol. The summed E-state index contributed by atoms with van der Waals surface area (Å²) in [5.41, 5.74) is 0. The summed E-state index contributed by atoms with van der Waals surface area (Å²) >= 11 is 9.59. The first-order chi connectivity index (χ1) is 9.95. The van der Waals surface area contributed by atoms with Gasteiger partial charge in [-0.05, 0) is 26.0 Å². The van der Waals surface area contributed by atoms with E-state index in [1.165, 1.54) is 64.2 Å². The lowest BCUT2D eigenvalue weighted by molar-refractivity contribution is 0.563. The van der Waals surface area contributed by atoms with Gasteiger partial charge in [0.2, 0.25) is 0 Å². The standard InChI is InChI=1S/C17H33NS3/c1-4-5-6-7-8-9-10-11-12-13-14-21(16(19)20)17(2,3)15-18/h21H,4-14H2,1-3H3,(H,19,20). The fourth-order valence-corrected chi connectivity index (χ4v) is 6.33. The quantitative estimate of drug-likeness (QED) is 0.241. The van der Waals surface area contributed by atoms with Gasteiger partial charge in [0.25, 0.3) is 0 Å². The van der Waals surface area contributed by atoms with Gasteiger partial charge in [0.05, 0.1) is 14.3 Å². The highest BCUT2D eigenvalue weighted by Gasteiger charge is 2.27. The van der Waals surface area contributed by atoms with Gasteiger partial charge in [0.15, 0.2) is 0 Å². The lowest BCUT2D eigenvalue weighted by Gasteiger charge is -2.31. The van der Waals surface area contributed by atoms with Crippen molar-refractivity contribution in [1.82, 2.24) is 0 Å². The minimum atomic E-state index is -0.563. The van der Waals surface area contributed by atoms with Crippen molar-refractivity contribution in [2.24, 2.45) is 0 Å². The predicted molar refractivity (Wildman–Crippen MR) is 107 cm³/mol. The Hall–Kier alpha value is 0.280. The van der Waals surface area contributed by atoms with Crippen LogP contribution in [0.5, 0.6) is 0 Å². The molecule has 0 aliphatic rings. The third kappa shape index (κ3) is 10.6. The molecule has 0 spiro atoms. The molecule has 0 rings (SSSR count). The number of nitrogens with zero attached hydrogens (tertiary/aromatic N) is 1. The largest absolute Gasteiger partial charge is 0.197 e. The van der Waals surface area contributed by atoms with Crippen LogP contribution in [0.2, 0.25) is 0 Å². The SMILES string of the molecule is CCCCCCCCCCCC[SH](C(=S)S)C(C)(C)C#N. The Labute approximate surface area is 146 Å². The van der Waals surface area contributed by atoms with Crippen LogP contribution in [0.25, 0.3) is 0 Å². The number of thiocarbonyl (C=S) groups is 1. The van der Waals surface area contributed by atoms with Crippen molar-refractivity contribution in [3.8, 4) is 6.07 Å². The van der Waals surface area contributed by atoms with Crippen molar-refractivity contribution < 1.29 is 0 Å². The maximum absolute atomic E-state index is 9.25. The van der Waals surface area contributed by atoms with Crippen LogP contribution >= 0.6 is 35.7 Å². The van der Waals surface area contributed by atoms with E-state index in [9.17, 15) is 5.26 Å². The zero-order valence-electron chi connectivity index (χ0n) is 14.0. The Kier molecular flexibility index (Phi) is 13.0. The summed E-state index contributed by atoms with van der Waals surface area (Å²) in [5, 5.41) is 9.25. The van der Waals surface area contributed by atoms with E-state index in [2.05, 4.69) is 25.6 Å². The Bertz CT molecular complexity index is 320. The molecule has 0 N–H and O–H groups in total. The molecule has 0 saturated heterocycles. The second-order valence-electron chi connectivity index (χ2n) is 6.29. The van der Waals surface area contributed by atoms with Gasteiger partial charge >= 0.3 is 0 Å². The highest BCUT2D eigenvalue weighted by Crippen LogP contribution is 2.44. The molecule has 0 saturated carbocycles. The lowest BCUT2D eigenvalue weighted by atomic mass is 10.1. The van der Waals surface area contributed by atoms with Gasteiger partial charge in [-0.3, -0.25) is 0 Å². The van der Waals surface area contributed by atoms with Crippen molar-refractivity contribution in [1.29, 1.82) is 5.26 Å². The summed E-state index contributed by atoms with van der Waals surface area (Å²) in [6.45, 7) is 6.26. The summed E-state index contributed by atoms with van der Waals surface area (Å²) in [7, 11) is -0.563. The first kappa shape index (κ1) is 21.3. The van der Waals surface area contributed by atoms with Crippen LogP contribution < -0.4 is 0 Å². The fraction of sp³-hybridized carbons (Fsp3) is 0.882. The Morgan fingerprint density at radius 3 is 1.81 bits per heavy atom. The smallest absolute Gasteiger partial charge is 0.0842 e. The van der Waals surface area contributed by atoms with Crippen molar-refractivity contribution in [3.05, 3.63) is 0 Å². The van der Waals surface area contributed by atoms with E-state index in [0.717, 1.165) is 9.28 Å². The van der Waals surface area contributed by atoms with E-state index in [1.54, 1.807) is 0 Å². The zero-order chi connectivity index (χ0) is 16.1. The molecule has 1 unspecified atom stereocenters. The molecule has 0 heterocycles. The molecule has 0 aliphatic carbocycles. The third-order valence-electron chi connectivity index (χ3n) is 3.91. The molecule has 0 aromatic carbocycles. The molecular formula is C17H33NS3. The van der Waals surface area contributed by atoms with Crippen LogP contribution in [0, 0.1) is 11.3 Å². The molecule has 21 heavy (non-hydrogen) atoms. The highest BCUT2D eigenvalue weighted by atomic mass is 32.3. The number of rotatable bonds is 12. The average Bonchev–Trinajstić information content (AvgIpc) is 2.44. The monoisotopic (exact) mass is 347 g/mol. The van der Waals surface area contributed by atoms with Crippen LogP contribution in [-0.4, -0.2) is 14.0 Å². The van der Waals surface area contributed by atoms with Gasteiger partial charge < -0.3 is 0 Å². The molecule has 0 radical (unpaired) electrons. The van der Waals surface area contributed by atoms with Gasteiger partial charge in [-0.1, -0.05) is 76.9 Å². The summed E-state index contributed by atoms with van der Waals surface area (Å²) < 4.78 is 0.431. The van der Waals surface area contributed by atoms with Crippen LogP contribution in [0.15, 0.2) is 0 Å². The first-order valence-corrected chi connectivity index (χ1v) is 10.8. The van der Waals surface area contributed by atoms with E-state index in [4.69, 9.17) is 12.2 Å². The molecule has 0 aliphatic heterocycles. The van der Waals surface area contributed by atoms with E-state index in [1.807, 2.05) is 13.8 Å². The second kappa shape index (κ2) is 12.8. The first-order valence-electron chi connectivity index (χ1n) is 8.37. The van der Waals surface area contributed by atoms with Crippen LogP contribution in [0.1, 0.15) is 85.0 Å². The molecule has 124 valence electrons. The Morgan fingerprint density at radius 1 is 1.00 bits per heavy atom. The van der Waals surface area contributed by atoms with Crippen LogP contribution in [0.4, 0.5) is 0 Å². The van der Waals surface area contributed by atoms with Gasteiger partial charge in [-0.2, -0.15) is 16.2 Å². The number of thiol groups is 2. The number of hydrogen-bond acceptors (Lipinski definition) is 2. The minimum Gasteiger partial charge on any atom is -0.197 e. The summed E-state index contributed by atoms with van der Waals surface area (Å²) in [6.07, 6.45) is 13.4. The van der Waals surface area contributed by atoms with Crippen LogP contribution in [-0.2, 0) is 0 Å². The maximum atomic E-state index is 9.25. The highest BCUT2D eigenvalue weighted by molar-refractivity contribution is 8.50. The molecule has 0 aromatic rings. The van der Waals surface area contributed by atoms with E-state index >= 15 is 0 Å². The van der Waals surface area contributed by atoms with E-state index < -0.39 is 10.9 Å². The minimum absolute atomic E-state index is 0.326. The number of unbranched alkanes of at least 4 members (excludes halogenated alkanes) is 9. The zero-order valence-corrected chi connectivity index (χ0v) is 16.6. The van der Waals surface area contributed by atoms with Crippen molar-refractivity contribution in [2.75, 3.05) is 5.75 Å². The van der Waals surface area contributed by atoms with Gasteiger partial charge in [0.1, 0.15) is 0 Å². The van der Waals surface area contributed by atoms with Crippen LogP contribution in [0.3, 0.4) is 0 Å². The number of hydrogen-bond donors (Lipinski definition) is 2. The van der Waals surface area contributed by atoms with E-state index in [-0.39, 0.29) is 4.75 Å². The topological polar surface area (TPSA) is 23.8 Å². The molecule has 0 bridgehead atoms. The molecule has 1 atom stereocenters. The maximum Gasteiger partial charge on any atom is 0.0842 e. The normalized spacial score (nSPS) is 13.8. The van der Waals surface area contributed by atoms with Gasteiger partial charge in [-0.15, -0.1) is 12.6 Å².